The van der Waals surface area contributed by atoms with Gasteiger partial charge in [0.2, 0.25) is 5.91 Å². The molecule has 2 amide bonds. The summed E-state index contributed by atoms with van der Waals surface area (Å²) in [6, 6.07) is 9.72. The number of β-lactam (4-membered cyclic amide) rings is 1. The van der Waals surface area contributed by atoms with E-state index in [2.05, 4.69) is 25.9 Å². The fourth-order valence-corrected chi connectivity index (χ4v) is 3.87. The molecule has 2 aliphatic rings. The van der Waals surface area contributed by atoms with Crippen LogP contribution in [0.4, 0.5) is 0 Å². The van der Waals surface area contributed by atoms with E-state index in [1.54, 1.807) is 4.90 Å². The monoisotopic (exact) mass is 665 g/mol. The molecule has 1 fully saturated rings. The topological polar surface area (TPSA) is 111 Å². The fourth-order valence-electron chi connectivity index (χ4n) is 3.09. The molecule has 2 aliphatic heterocycles. The van der Waals surface area contributed by atoms with Crippen molar-refractivity contribution in [2.45, 2.75) is 31.1 Å². The second-order valence-electron chi connectivity index (χ2n) is 6.51. The normalized spacial score (nSPS) is 18.0. The SMILES string of the molecule is CC1=C(CSc2nnn[n-]2)CO[C@@H]2[C-](NC(=O)C(C)c3ccccc3)C(=O)N12.[Y].[Y].[Y]. The minimum Gasteiger partial charge on any atom is -0.474 e. The molecular weight excluding hydrogens is 647 g/mol. The van der Waals surface area contributed by atoms with Crippen LogP contribution in [0.5, 0.6) is 0 Å². The van der Waals surface area contributed by atoms with Gasteiger partial charge in [-0.1, -0.05) is 30.3 Å². The second-order valence-corrected chi connectivity index (χ2v) is 7.46. The van der Waals surface area contributed by atoms with Crippen LogP contribution in [0.3, 0.4) is 0 Å². The Balaban J connectivity index is 0.00000160. The van der Waals surface area contributed by atoms with Crippen LogP contribution in [0.2, 0.25) is 0 Å². The Morgan fingerprint density at radius 3 is 2.71 bits per heavy atom. The first-order chi connectivity index (χ1) is 13.6. The molecule has 0 bridgehead atoms. The zero-order valence-corrected chi connectivity index (χ0v) is 26.4. The van der Waals surface area contributed by atoms with Crippen LogP contribution >= 0.6 is 11.8 Å². The van der Waals surface area contributed by atoms with Crippen LogP contribution in [0.1, 0.15) is 25.3 Å². The number of allylic oxidation sites excluding steroid dienone is 1. The summed E-state index contributed by atoms with van der Waals surface area (Å²) in [5, 5.41) is 17.7. The molecule has 3 heterocycles. The van der Waals surface area contributed by atoms with Gasteiger partial charge in [0, 0.05) is 110 Å². The smallest absolute Gasteiger partial charge is 0.201 e. The first-order valence-corrected chi connectivity index (χ1v) is 9.72. The molecule has 155 valence electrons. The van der Waals surface area contributed by atoms with E-state index in [0.29, 0.717) is 17.5 Å². The number of rotatable bonds is 6. The van der Waals surface area contributed by atoms with Gasteiger partial charge in [0.25, 0.3) is 0 Å². The molecule has 1 N–H and O–H groups in total. The maximum Gasteiger partial charge on any atom is 0.201 e. The number of fused-ring (bicyclic) bond motifs is 1. The summed E-state index contributed by atoms with van der Waals surface area (Å²) in [5.74, 6) is -0.266. The predicted molar refractivity (Wildman–Crippen MR) is 99.4 cm³/mol. The van der Waals surface area contributed by atoms with Crippen LogP contribution in [-0.4, -0.2) is 50.8 Å². The molecule has 0 spiro atoms. The van der Waals surface area contributed by atoms with E-state index in [0.717, 1.165) is 16.8 Å². The summed E-state index contributed by atoms with van der Waals surface area (Å²) in [7, 11) is 0. The number of thioether (sulfide) groups is 1. The number of amides is 2. The second kappa shape index (κ2) is 13.4. The number of hydrogen-bond acceptors (Lipinski definition) is 7. The van der Waals surface area contributed by atoms with E-state index in [9.17, 15) is 9.59 Å². The summed E-state index contributed by atoms with van der Waals surface area (Å²) in [4.78, 5) is 26.7. The molecule has 2 atom stereocenters. The zero-order valence-electron chi connectivity index (χ0n) is 17.1. The summed E-state index contributed by atoms with van der Waals surface area (Å²) in [6.45, 7) is 4.04. The van der Waals surface area contributed by atoms with Gasteiger partial charge in [0.1, 0.15) is 5.91 Å². The van der Waals surface area contributed by atoms with Crippen LogP contribution in [0.15, 0.2) is 46.8 Å². The van der Waals surface area contributed by atoms with Gasteiger partial charge in [-0.15, -0.1) is 11.8 Å². The number of carbonyl (C=O) groups excluding carboxylic acids is 2. The first kappa shape index (κ1) is 29.5. The summed E-state index contributed by atoms with van der Waals surface area (Å²) in [5.41, 5.74) is 2.68. The maximum atomic E-state index is 12.6. The molecule has 1 aromatic heterocycles. The minimum atomic E-state index is -0.549. The molecule has 2 aromatic rings. The molecule has 3 radical (unpaired) electrons. The van der Waals surface area contributed by atoms with E-state index in [1.165, 1.54) is 11.8 Å². The standard InChI is InChI=1S/C18H19N6O3S.3Y/c1-10(12-6-4-3-5-7-12)15(25)19-14-16(26)24-11(2)13(8-27-17(14)24)9-28-18-20-22-23-21-18;;;/h3-7,10,17H,8-9H2,1-2H3,(H2,19,20,21,22,23,25);;;/q-1;;;/p-1/t10?,17-;;;/m1.../s1. The number of hydrogen-bond donors (Lipinski definition) is 1. The summed E-state index contributed by atoms with van der Waals surface area (Å²) >= 11 is 1.38. The third-order valence-electron chi connectivity index (χ3n) is 4.85. The molecule has 4 rings (SSSR count). The third-order valence-corrected chi connectivity index (χ3v) is 5.76. The minimum absolute atomic E-state index is 0. The van der Waals surface area contributed by atoms with Gasteiger partial charge >= 0.3 is 0 Å². The molecule has 13 heteroatoms. The van der Waals surface area contributed by atoms with Gasteiger partial charge in [-0.05, 0) is 25.0 Å². The van der Waals surface area contributed by atoms with Crippen molar-refractivity contribution in [3.63, 3.8) is 0 Å². The molecule has 1 aromatic carbocycles. The van der Waals surface area contributed by atoms with Crippen molar-refractivity contribution in [2.75, 3.05) is 12.4 Å². The third kappa shape index (κ3) is 6.53. The van der Waals surface area contributed by atoms with Crippen molar-refractivity contribution >= 4 is 23.6 Å². The van der Waals surface area contributed by atoms with Crippen molar-refractivity contribution in [1.29, 1.82) is 0 Å². The van der Waals surface area contributed by atoms with E-state index in [1.807, 2.05) is 44.2 Å². The Hall–Kier alpha value is 0.462. The maximum absolute atomic E-state index is 12.6. The molecule has 31 heavy (non-hydrogen) atoms. The largest absolute Gasteiger partial charge is 0.474 e. The van der Waals surface area contributed by atoms with E-state index in [-0.39, 0.29) is 122 Å². The summed E-state index contributed by atoms with van der Waals surface area (Å²) < 4.78 is 5.81. The first-order valence-electron chi connectivity index (χ1n) is 8.74. The number of ether oxygens (including phenoxy) is 1. The van der Waals surface area contributed by atoms with Crippen molar-refractivity contribution in [3.05, 3.63) is 53.2 Å². The Kier molecular flexibility index (Phi) is 12.7. The predicted octanol–water partition coefficient (Wildman–Crippen LogP) is 0.838. The number of tetrazole rings is 1. The van der Waals surface area contributed by atoms with Crippen molar-refractivity contribution < 1.29 is 112 Å². The van der Waals surface area contributed by atoms with Crippen LogP contribution in [0.25, 0.3) is 0 Å². The number of nitrogens with zero attached hydrogens (tertiary/aromatic N) is 5. The van der Waals surface area contributed by atoms with E-state index in [4.69, 9.17) is 4.74 Å². The fraction of sp³-hybridized carbons (Fsp3) is 0.333. The number of nitrogens with one attached hydrogen (secondary N) is 1. The quantitative estimate of drug-likeness (QED) is 0.275. The van der Waals surface area contributed by atoms with Gasteiger partial charge in [0.05, 0.1) is 23.9 Å². The number of benzene rings is 1. The van der Waals surface area contributed by atoms with Crippen LogP contribution in [0, 0.1) is 6.04 Å². The molecule has 0 aliphatic carbocycles. The summed E-state index contributed by atoms with van der Waals surface area (Å²) in [6.07, 6.45) is -0.549. The van der Waals surface area contributed by atoms with Crippen molar-refractivity contribution in [2.24, 2.45) is 0 Å². The molecule has 9 nitrogen and oxygen atoms in total. The zero-order chi connectivity index (χ0) is 19.7. The van der Waals surface area contributed by atoms with Gasteiger partial charge in [-0.2, -0.15) is 11.3 Å². The van der Waals surface area contributed by atoms with Gasteiger partial charge in [-0.25, -0.2) is 0 Å². The Morgan fingerprint density at radius 1 is 1.35 bits per heavy atom. The molecular formula is C18H18N6O3SY3-2. The Morgan fingerprint density at radius 2 is 2.06 bits per heavy atom. The van der Waals surface area contributed by atoms with Gasteiger partial charge in [-0.3, -0.25) is 15.1 Å². The van der Waals surface area contributed by atoms with Crippen LogP contribution < -0.4 is 10.4 Å². The molecule has 1 saturated heterocycles. The Bertz CT molecular complexity index is 916. The number of aromatic nitrogens is 4. The Labute approximate surface area is 260 Å². The van der Waals surface area contributed by atoms with Crippen molar-refractivity contribution in [1.82, 2.24) is 30.8 Å². The van der Waals surface area contributed by atoms with Crippen LogP contribution in [-0.2, 0) is 112 Å². The van der Waals surface area contributed by atoms with Gasteiger partial charge < -0.3 is 24.8 Å². The van der Waals surface area contributed by atoms with E-state index >= 15 is 0 Å². The van der Waals surface area contributed by atoms with Gasteiger partial charge in [0.15, 0.2) is 0 Å². The molecule has 0 saturated carbocycles. The average Bonchev–Trinajstić information content (AvgIpc) is 3.24. The number of carbonyl (C=O) groups is 2. The van der Waals surface area contributed by atoms with E-state index < -0.39 is 6.23 Å². The average molecular weight is 665 g/mol. The molecule has 1 unspecified atom stereocenters. The van der Waals surface area contributed by atoms with Crippen molar-refractivity contribution in [3.8, 4) is 0 Å².